The largest absolute Gasteiger partial charge is 0.327 e. The van der Waals surface area contributed by atoms with Crippen LogP contribution in [0, 0.1) is 11.8 Å². The first kappa shape index (κ1) is 11.0. The zero-order valence-electron chi connectivity index (χ0n) is 8.43. The zero-order chi connectivity index (χ0) is 8.85. The molecule has 0 aromatic heterocycles. The van der Waals surface area contributed by atoms with E-state index >= 15 is 0 Å². The smallest absolute Gasteiger partial charge is 0.00619 e. The molecule has 2 atom stereocenters. The van der Waals surface area contributed by atoms with E-state index in [9.17, 15) is 0 Å². The molecule has 11 heavy (non-hydrogen) atoms. The molecular formula is C10H23N. The van der Waals surface area contributed by atoms with E-state index in [0.717, 1.165) is 5.92 Å². The molecule has 0 aliphatic carbocycles. The van der Waals surface area contributed by atoms with Crippen molar-refractivity contribution in [3.05, 3.63) is 0 Å². The molecule has 0 bridgehead atoms. The van der Waals surface area contributed by atoms with Crippen LogP contribution in [0.4, 0.5) is 0 Å². The van der Waals surface area contributed by atoms with Gasteiger partial charge in [-0.2, -0.15) is 0 Å². The summed E-state index contributed by atoms with van der Waals surface area (Å²) >= 11 is 0. The molecule has 0 aromatic carbocycles. The van der Waals surface area contributed by atoms with E-state index in [1.807, 2.05) is 0 Å². The van der Waals surface area contributed by atoms with Crippen molar-refractivity contribution in [1.82, 2.24) is 0 Å². The summed E-state index contributed by atoms with van der Waals surface area (Å²) in [5, 5.41) is 0. The molecule has 0 rings (SSSR count). The lowest BCUT2D eigenvalue weighted by atomic mass is 9.94. The predicted molar refractivity (Wildman–Crippen MR) is 51.5 cm³/mol. The van der Waals surface area contributed by atoms with Gasteiger partial charge in [-0.3, -0.25) is 0 Å². The number of rotatable bonds is 5. The standard InChI is InChI=1S/C10H23N/c1-5-9(4)6-7-10(11)8(2)3/h8-10H,5-7,11H2,1-4H3. The molecule has 0 aromatic rings. The van der Waals surface area contributed by atoms with E-state index in [1.165, 1.54) is 19.3 Å². The molecule has 1 nitrogen and oxygen atoms in total. The van der Waals surface area contributed by atoms with Crippen LogP contribution in [0.1, 0.15) is 47.0 Å². The summed E-state index contributed by atoms with van der Waals surface area (Å²) in [6.07, 6.45) is 3.76. The molecule has 0 radical (unpaired) electrons. The lowest BCUT2D eigenvalue weighted by Crippen LogP contribution is -2.26. The van der Waals surface area contributed by atoms with E-state index in [1.54, 1.807) is 0 Å². The molecule has 1 heteroatoms. The molecule has 0 heterocycles. The number of hydrogen-bond donors (Lipinski definition) is 1. The van der Waals surface area contributed by atoms with Gasteiger partial charge in [-0.15, -0.1) is 0 Å². The molecule has 0 saturated carbocycles. The summed E-state index contributed by atoms with van der Waals surface area (Å²) in [6.45, 7) is 8.93. The minimum Gasteiger partial charge on any atom is -0.327 e. The van der Waals surface area contributed by atoms with Crippen molar-refractivity contribution in [2.45, 2.75) is 53.0 Å². The Balaban J connectivity index is 3.37. The van der Waals surface area contributed by atoms with Crippen LogP contribution < -0.4 is 5.73 Å². The van der Waals surface area contributed by atoms with Gasteiger partial charge in [0.05, 0.1) is 0 Å². The van der Waals surface area contributed by atoms with Crippen molar-refractivity contribution in [3.63, 3.8) is 0 Å². The van der Waals surface area contributed by atoms with Crippen LogP contribution >= 0.6 is 0 Å². The van der Waals surface area contributed by atoms with Crippen LogP contribution in [0.3, 0.4) is 0 Å². The van der Waals surface area contributed by atoms with Crippen molar-refractivity contribution in [2.24, 2.45) is 17.6 Å². The lowest BCUT2D eigenvalue weighted by molar-refractivity contribution is 0.400. The summed E-state index contributed by atoms with van der Waals surface area (Å²) in [7, 11) is 0. The molecule has 0 aliphatic rings. The predicted octanol–water partition coefficient (Wildman–Crippen LogP) is 2.80. The molecule has 0 amide bonds. The van der Waals surface area contributed by atoms with Gasteiger partial charge in [-0.1, -0.05) is 34.1 Å². The second kappa shape index (κ2) is 5.59. The van der Waals surface area contributed by atoms with Crippen molar-refractivity contribution < 1.29 is 0 Å². The summed E-state index contributed by atoms with van der Waals surface area (Å²) in [5.41, 5.74) is 5.92. The highest BCUT2D eigenvalue weighted by Crippen LogP contribution is 2.13. The first-order valence-corrected chi connectivity index (χ1v) is 4.83. The summed E-state index contributed by atoms with van der Waals surface area (Å²) in [5.74, 6) is 1.49. The third kappa shape index (κ3) is 5.25. The van der Waals surface area contributed by atoms with Gasteiger partial charge in [0, 0.05) is 6.04 Å². The van der Waals surface area contributed by atoms with Gasteiger partial charge in [0.2, 0.25) is 0 Å². The minimum absolute atomic E-state index is 0.406. The zero-order valence-corrected chi connectivity index (χ0v) is 8.43. The Labute approximate surface area is 71.4 Å². The third-order valence-corrected chi connectivity index (χ3v) is 2.55. The van der Waals surface area contributed by atoms with Gasteiger partial charge in [-0.25, -0.2) is 0 Å². The van der Waals surface area contributed by atoms with Crippen molar-refractivity contribution in [1.29, 1.82) is 0 Å². The molecule has 2 N–H and O–H groups in total. The maximum absolute atomic E-state index is 5.92. The van der Waals surface area contributed by atoms with Crippen LogP contribution in [0.2, 0.25) is 0 Å². The van der Waals surface area contributed by atoms with Gasteiger partial charge in [0.25, 0.3) is 0 Å². The quantitative estimate of drug-likeness (QED) is 0.652. The Kier molecular flexibility index (Phi) is 5.57. The Bertz CT molecular complexity index is 88.9. The van der Waals surface area contributed by atoms with Gasteiger partial charge >= 0.3 is 0 Å². The van der Waals surface area contributed by atoms with E-state index in [-0.39, 0.29) is 0 Å². The van der Waals surface area contributed by atoms with Gasteiger partial charge in [0.15, 0.2) is 0 Å². The lowest BCUT2D eigenvalue weighted by Gasteiger charge is -2.17. The fourth-order valence-corrected chi connectivity index (χ4v) is 1.01. The fourth-order valence-electron chi connectivity index (χ4n) is 1.01. The van der Waals surface area contributed by atoms with Gasteiger partial charge in [-0.05, 0) is 24.7 Å². The van der Waals surface area contributed by atoms with Crippen LogP contribution in [0.15, 0.2) is 0 Å². The normalized spacial score (nSPS) is 16.9. The first-order chi connectivity index (χ1) is 5.07. The first-order valence-electron chi connectivity index (χ1n) is 4.83. The summed E-state index contributed by atoms with van der Waals surface area (Å²) in [6, 6.07) is 0.406. The summed E-state index contributed by atoms with van der Waals surface area (Å²) < 4.78 is 0. The highest BCUT2D eigenvalue weighted by Gasteiger charge is 2.08. The highest BCUT2D eigenvalue weighted by atomic mass is 14.6. The Morgan fingerprint density at radius 2 is 1.64 bits per heavy atom. The Hall–Kier alpha value is -0.0400. The molecule has 2 unspecified atom stereocenters. The van der Waals surface area contributed by atoms with Crippen LogP contribution in [0.25, 0.3) is 0 Å². The van der Waals surface area contributed by atoms with Crippen molar-refractivity contribution in [2.75, 3.05) is 0 Å². The molecule has 0 fully saturated rings. The second-order valence-corrected chi connectivity index (χ2v) is 4.00. The topological polar surface area (TPSA) is 26.0 Å². The molecule has 0 saturated heterocycles. The van der Waals surface area contributed by atoms with Crippen LogP contribution in [-0.2, 0) is 0 Å². The van der Waals surface area contributed by atoms with Crippen molar-refractivity contribution in [3.8, 4) is 0 Å². The molecule has 0 aliphatic heterocycles. The third-order valence-electron chi connectivity index (χ3n) is 2.55. The molecule has 68 valence electrons. The number of hydrogen-bond acceptors (Lipinski definition) is 1. The Morgan fingerprint density at radius 1 is 1.09 bits per heavy atom. The molecular weight excluding hydrogens is 134 g/mol. The average molecular weight is 157 g/mol. The number of nitrogens with two attached hydrogens (primary N) is 1. The minimum atomic E-state index is 0.406. The summed E-state index contributed by atoms with van der Waals surface area (Å²) in [4.78, 5) is 0. The van der Waals surface area contributed by atoms with Crippen molar-refractivity contribution >= 4 is 0 Å². The molecule has 0 spiro atoms. The fraction of sp³-hybridized carbons (Fsp3) is 1.00. The Morgan fingerprint density at radius 3 is 2.00 bits per heavy atom. The highest BCUT2D eigenvalue weighted by molar-refractivity contribution is 4.66. The van der Waals surface area contributed by atoms with E-state index in [0.29, 0.717) is 12.0 Å². The van der Waals surface area contributed by atoms with Gasteiger partial charge in [0.1, 0.15) is 0 Å². The van der Waals surface area contributed by atoms with Crippen LogP contribution in [0.5, 0.6) is 0 Å². The van der Waals surface area contributed by atoms with E-state index < -0.39 is 0 Å². The van der Waals surface area contributed by atoms with E-state index in [2.05, 4.69) is 27.7 Å². The van der Waals surface area contributed by atoms with Crippen LogP contribution in [-0.4, -0.2) is 6.04 Å². The van der Waals surface area contributed by atoms with E-state index in [4.69, 9.17) is 5.73 Å². The second-order valence-electron chi connectivity index (χ2n) is 4.00. The maximum atomic E-state index is 5.92. The SMILES string of the molecule is CCC(C)CCC(N)C(C)C. The van der Waals surface area contributed by atoms with Gasteiger partial charge < -0.3 is 5.73 Å². The maximum Gasteiger partial charge on any atom is 0.00619 e. The monoisotopic (exact) mass is 157 g/mol. The average Bonchev–Trinajstić information content (AvgIpc) is 1.99.